The zero-order valence-corrected chi connectivity index (χ0v) is 11.3. The number of nitrogens with one attached hydrogen (secondary N) is 2. The molecule has 2 unspecified atom stereocenters. The van der Waals surface area contributed by atoms with E-state index in [1.165, 1.54) is 0 Å². The standard InChI is InChI=1S/C13H26N2O2/c1-4-7-13(8-6-9-14-13)12(16)15-11(5-2)10-17-3/h11,14H,4-10H2,1-3H3,(H,15,16). The molecule has 1 saturated heterocycles. The number of carbonyl (C=O) groups excluding carboxylic acids is 1. The van der Waals surface area contributed by atoms with E-state index in [9.17, 15) is 4.79 Å². The fourth-order valence-electron chi connectivity index (χ4n) is 2.54. The van der Waals surface area contributed by atoms with E-state index >= 15 is 0 Å². The molecule has 0 aromatic heterocycles. The summed E-state index contributed by atoms with van der Waals surface area (Å²) < 4.78 is 5.12. The summed E-state index contributed by atoms with van der Waals surface area (Å²) >= 11 is 0. The molecule has 4 nitrogen and oxygen atoms in total. The monoisotopic (exact) mass is 242 g/mol. The van der Waals surface area contributed by atoms with Crippen LogP contribution in [-0.4, -0.2) is 37.7 Å². The summed E-state index contributed by atoms with van der Waals surface area (Å²) in [5, 5.41) is 6.50. The molecule has 0 bridgehead atoms. The molecule has 1 aliphatic heterocycles. The topological polar surface area (TPSA) is 50.4 Å². The van der Waals surface area contributed by atoms with Crippen molar-refractivity contribution >= 4 is 5.91 Å². The van der Waals surface area contributed by atoms with Crippen LogP contribution in [0.1, 0.15) is 46.0 Å². The van der Waals surface area contributed by atoms with Crippen molar-refractivity contribution in [3.63, 3.8) is 0 Å². The van der Waals surface area contributed by atoms with Gasteiger partial charge in [-0.1, -0.05) is 20.3 Å². The van der Waals surface area contributed by atoms with Gasteiger partial charge in [-0.15, -0.1) is 0 Å². The first kappa shape index (κ1) is 14.5. The highest BCUT2D eigenvalue weighted by Crippen LogP contribution is 2.25. The Morgan fingerprint density at radius 1 is 1.53 bits per heavy atom. The van der Waals surface area contributed by atoms with Crippen LogP contribution in [0.2, 0.25) is 0 Å². The van der Waals surface area contributed by atoms with Crippen molar-refractivity contribution < 1.29 is 9.53 Å². The Hall–Kier alpha value is -0.610. The summed E-state index contributed by atoms with van der Waals surface area (Å²) in [5.74, 6) is 0.153. The summed E-state index contributed by atoms with van der Waals surface area (Å²) in [6, 6.07) is 0.128. The number of hydrogen-bond donors (Lipinski definition) is 2. The molecule has 1 heterocycles. The minimum atomic E-state index is -0.324. The number of methoxy groups -OCH3 is 1. The number of ether oxygens (including phenoxy) is 1. The average molecular weight is 242 g/mol. The summed E-state index contributed by atoms with van der Waals surface area (Å²) in [6.45, 7) is 5.74. The summed E-state index contributed by atoms with van der Waals surface area (Å²) in [7, 11) is 1.67. The van der Waals surface area contributed by atoms with E-state index in [4.69, 9.17) is 4.74 Å². The SMILES string of the molecule is CCCC1(C(=O)NC(CC)COC)CCCN1. The molecule has 0 aromatic carbocycles. The number of hydrogen-bond acceptors (Lipinski definition) is 3. The van der Waals surface area contributed by atoms with Crippen molar-refractivity contribution in [2.45, 2.75) is 57.5 Å². The quantitative estimate of drug-likeness (QED) is 0.710. The minimum Gasteiger partial charge on any atom is -0.383 e. The van der Waals surface area contributed by atoms with Gasteiger partial charge in [-0.05, 0) is 32.2 Å². The van der Waals surface area contributed by atoms with Crippen LogP contribution in [0.4, 0.5) is 0 Å². The lowest BCUT2D eigenvalue weighted by Crippen LogP contribution is -2.56. The highest BCUT2D eigenvalue weighted by Gasteiger charge is 2.40. The molecule has 0 spiro atoms. The van der Waals surface area contributed by atoms with Gasteiger partial charge < -0.3 is 15.4 Å². The fraction of sp³-hybridized carbons (Fsp3) is 0.923. The third-order valence-electron chi connectivity index (χ3n) is 3.55. The van der Waals surface area contributed by atoms with Crippen LogP contribution in [0.15, 0.2) is 0 Å². The second kappa shape index (κ2) is 6.97. The predicted octanol–water partition coefficient (Wildman–Crippen LogP) is 1.45. The molecule has 1 fully saturated rings. The van der Waals surface area contributed by atoms with E-state index in [0.29, 0.717) is 6.61 Å². The maximum Gasteiger partial charge on any atom is 0.240 e. The smallest absolute Gasteiger partial charge is 0.240 e. The lowest BCUT2D eigenvalue weighted by Gasteiger charge is -2.30. The van der Waals surface area contributed by atoms with E-state index in [0.717, 1.165) is 38.6 Å². The zero-order chi connectivity index (χ0) is 12.7. The molecule has 0 aliphatic carbocycles. The first-order chi connectivity index (χ1) is 8.18. The van der Waals surface area contributed by atoms with Crippen LogP contribution in [0.5, 0.6) is 0 Å². The number of amides is 1. The number of rotatable bonds is 7. The number of carbonyl (C=O) groups is 1. The van der Waals surface area contributed by atoms with Gasteiger partial charge in [-0.25, -0.2) is 0 Å². The van der Waals surface area contributed by atoms with Gasteiger partial charge in [-0.3, -0.25) is 4.79 Å². The van der Waals surface area contributed by atoms with Gasteiger partial charge in [0.05, 0.1) is 18.2 Å². The van der Waals surface area contributed by atoms with Gasteiger partial charge in [0.15, 0.2) is 0 Å². The lowest BCUT2D eigenvalue weighted by atomic mass is 9.90. The van der Waals surface area contributed by atoms with Crippen LogP contribution < -0.4 is 10.6 Å². The summed E-state index contributed by atoms with van der Waals surface area (Å²) in [5.41, 5.74) is -0.324. The van der Waals surface area contributed by atoms with Crippen molar-refractivity contribution in [2.24, 2.45) is 0 Å². The van der Waals surface area contributed by atoms with E-state index in [2.05, 4.69) is 24.5 Å². The lowest BCUT2D eigenvalue weighted by molar-refractivity contribution is -0.128. The molecule has 100 valence electrons. The Bertz CT molecular complexity index is 238. The second-order valence-electron chi connectivity index (χ2n) is 4.90. The Balaban J connectivity index is 2.58. The van der Waals surface area contributed by atoms with Crippen molar-refractivity contribution in [3.8, 4) is 0 Å². The maximum atomic E-state index is 12.4. The van der Waals surface area contributed by atoms with Crippen LogP contribution in [-0.2, 0) is 9.53 Å². The Morgan fingerprint density at radius 3 is 2.76 bits per heavy atom. The summed E-state index contributed by atoms with van der Waals surface area (Å²) in [4.78, 5) is 12.4. The Labute approximate surface area is 104 Å². The van der Waals surface area contributed by atoms with Crippen molar-refractivity contribution in [2.75, 3.05) is 20.3 Å². The van der Waals surface area contributed by atoms with E-state index in [1.807, 2.05) is 0 Å². The van der Waals surface area contributed by atoms with Gasteiger partial charge in [0.1, 0.15) is 0 Å². The highest BCUT2D eigenvalue weighted by molar-refractivity contribution is 5.86. The molecule has 0 radical (unpaired) electrons. The molecule has 1 amide bonds. The van der Waals surface area contributed by atoms with Gasteiger partial charge in [-0.2, -0.15) is 0 Å². The van der Waals surface area contributed by atoms with E-state index in [-0.39, 0.29) is 17.5 Å². The fourth-order valence-corrected chi connectivity index (χ4v) is 2.54. The minimum absolute atomic E-state index is 0.128. The molecule has 2 N–H and O–H groups in total. The molecule has 4 heteroatoms. The molecule has 1 aliphatic rings. The van der Waals surface area contributed by atoms with Crippen LogP contribution in [0.3, 0.4) is 0 Å². The normalized spacial score (nSPS) is 25.8. The largest absolute Gasteiger partial charge is 0.383 e. The van der Waals surface area contributed by atoms with Gasteiger partial charge in [0, 0.05) is 7.11 Å². The first-order valence-electron chi connectivity index (χ1n) is 6.73. The summed E-state index contributed by atoms with van der Waals surface area (Å²) in [6.07, 6.45) is 4.90. The second-order valence-corrected chi connectivity index (χ2v) is 4.90. The average Bonchev–Trinajstić information content (AvgIpc) is 2.78. The molecule has 0 aromatic rings. The molecular weight excluding hydrogens is 216 g/mol. The molecule has 1 rings (SSSR count). The van der Waals surface area contributed by atoms with Crippen molar-refractivity contribution in [1.29, 1.82) is 0 Å². The van der Waals surface area contributed by atoms with Gasteiger partial charge >= 0.3 is 0 Å². The predicted molar refractivity (Wildman–Crippen MR) is 69.0 cm³/mol. The highest BCUT2D eigenvalue weighted by atomic mass is 16.5. The third-order valence-corrected chi connectivity index (χ3v) is 3.55. The van der Waals surface area contributed by atoms with Gasteiger partial charge in [0.2, 0.25) is 5.91 Å². The van der Waals surface area contributed by atoms with E-state index < -0.39 is 0 Å². The third kappa shape index (κ3) is 3.68. The van der Waals surface area contributed by atoms with Crippen molar-refractivity contribution in [3.05, 3.63) is 0 Å². The van der Waals surface area contributed by atoms with E-state index in [1.54, 1.807) is 7.11 Å². The van der Waals surface area contributed by atoms with Crippen LogP contribution in [0.25, 0.3) is 0 Å². The zero-order valence-electron chi connectivity index (χ0n) is 11.3. The van der Waals surface area contributed by atoms with Crippen LogP contribution >= 0.6 is 0 Å². The molecule has 2 atom stereocenters. The first-order valence-corrected chi connectivity index (χ1v) is 6.73. The Kier molecular flexibility index (Phi) is 5.92. The van der Waals surface area contributed by atoms with Crippen LogP contribution in [0, 0.1) is 0 Å². The molecule has 17 heavy (non-hydrogen) atoms. The van der Waals surface area contributed by atoms with Gasteiger partial charge in [0.25, 0.3) is 0 Å². The van der Waals surface area contributed by atoms with Crippen molar-refractivity contribution in [1.82, 2.24) is 10.6 Å². The molecule has 0 saturated carbocycles. The molecular formula is C13H26N2O2. The maximum absolute atomic E-state index is 12.4. The Morgan fingerprint density at radius 2 is 2.29 bits per heavy atom.